The van der Waals surface area contributed by atoms with Crippen molar-refractivity contribution in [1.29, 1.82) is 0 Å². The van der Waals surface area contributed by atoms with Crippen LogP contribution >= 0.6 is 0 Å². The number of piperidine rings is 1. The maximum Gasteiger partial charge on any atom is 0.0468 e. The fourth-order valence-electron chi connectivity index (χ4n) is 3.47. The molecule has 0 aromatic heterocycles. The lowest BCUT2D eigenvalue weighted by Crippen LogP contribution is -2.34. The molecule has 0 aromatic rings. The van der Waals surface area contributed by atoms with Crippen molar-refractivity contribution < 1.29 is 4.74 Å². The van der Waals surface area contributed by atoms with Crippen LogP contribution in [0, 0.1) is 17.8 Å². The van der Waals surface area contributed by atoms with Crippen LogP contribution in [0.2, 0.25) is 0 Å². The number of ether oxygens (including phenoxy) is 1. The van der Waals surface area contributed by atoms with Crippen LogP contribution in [0.1, 0.15) is 39.0 Å². The monoisotopic (exact) mass is 225 g/mol. The Balaban J connectivity index is 1.74. The molecule has 16 heavy (non-hydrogen) atoms. The molecule has 0 aliphatic carbocycles. The van der Waals surface area contributed by atoms with Crippen molar-refractivity contribution in [3.05, 3.63) is 0 Å². The molecule has 2 rings (SSSR count). The first-order valence-electron chi connectivity index (χ1n) is 7.02. The quantitative estimate of drug-likeness (QED) is 0.732. The van der Waals surface area contributed by atoms with Crippen molar-refractivity contribution in [2.24, 2.45) is 17.8 Å². The van der Waals surface area contributed by atoms with Gasteiger partial charge in [0, 0.05) is 19.8 Å². The summed E-state index contributed by atoms with van der Waals surface area (Å²) < 4.78 is 5.45. The molecule has 2 aliphatic rings. The van der Waals surface area contributed by atoms with Crippen LogP contribution in [-0.4, -0.2) is 38.3 Å². The molecule has 94 valence electrons. The number of rotatable bonds is 3. The molecule has 2 nitrogen and oxygen atoms in total. The normalized spacial score (nSPS) is 31.5. The van der Waals surface area contributed by atoms with Gasteiger partial charge in [0.05, 0.1) is 0 Å². The summed E-state index contributed by atoms with van der Waals surface area (Å²) >= 11 is 0. The van der Waals surface area contributed by atoms with E-state index in [1.807, 2.05) is 0 Å². The standard InChI is InChI=1S/C14H27NO/c1-12(14-5-8-16-9-6-14)10-13-4-3-7-15(2)11-13/h12-14H,3-11H2,1-2H3. The third kappa shape index (κ3) is 3.46. The first-order valence-corrected chi connectivity index (χ1v) is 7.02. The van der Waals surface area contributed by atoms with Crippen molar-refractivity contribution in [2.45, 2.75) is 39.0 Å². The van der Waals surface area contributed by atoms with Gasteiger partial charge in [-0.2, -0.15) is 0 Å². The van der Waals surface area contributed by atoms with Crippen molar-refractivity contribution in [3.63, 3.8) is 0 Å². The zero-order valence-electron chi connectivity index (χ0n) is 11.0. The fraction of sp³-hybridized carbons (Fsp3) is 1.00. The molecule has 0 bridgehead atoms. The van der Waals surface area contributed by atoms with Crippen LogP contribution in [0.25, 0.3) is 0 Å². The Morgan fingerprint density at radius 1 is 1.25 bits per heavy atom. The molecule has 0 amide bonds. The summed E-state index contributed by atoms with van der Waals surface area (Å²) in [7, 11) is 2.27. The Morgan fingerprint density at radius 2 is 2.00 bits per heavy atom. The lowest BCUT2D eigenvalue weighted by molar-refractivity contribution is 0.0421. The number of hydrogen-bond donors (Lipinski definition) is 0. The third-order valence-electron chi connectivity index (χ3n) is 4.50. The van der Waals surface area contributed by atoms with E-state index in [0.717, 1.165) is 31.0 Å². The fourth-order valence-corrected chi connectivity index (χ4v) is 3.47. The van der Waals surface area contributed by atoms with Gasteiger partial charge in [-0.25, -0.2) is 0 Å². The molecule has 2 atom stereocenters. The molecule has 2 saturated heterocycles. The second-order valence-corrected chi connectivity index (χ2v) is 5.93. The largest absolute Gasteiger partial charge is 0.381 e. The SMILES string of the molecule is CC(CC1CCCN(C)C1)C1CCOCC1. The summed E-state index contributed by atoms with van der Waals surface area (Å²) in [4.78, 5) is 2.50. The summed E-state index contributed by atoms with van der Waals surface area (Å²) in [5.41, 5.74) is 0. The van der Waals surface area contributed by atoms with Gasteiger partial charge in [0.1, 0.15) is 0 Å². The highest BCUT2D eigenvalue weighted by Crippen LogP contribution is 2.31. The van der Waals surface area contributed by atoms with E-state index in [0.29, 0.717) is 0 Å². The molecule has 0 aromatic carbocycles. The van der Waals surface area contributed by atoms with E-state index >= 15 is 0 Å². The van der Waals surface area contributed by atoms with Gasteiger partial charge < -0.3 is 9.64 Å². The zero-order chi connectivity index (χ0) is 11.4. The van der Waals surface area contributed by atoms with E-state index in [-0.39, 0.29) is 0 Å². The van der Waals surface area contributed by atoms with Crippen LogP contribution in [0.5, 0.6) is 0 Å². The van der Waals surface area contributed by atoms with Gasteiger partial charge in [-0.1, -0.05) is 6.92 Å². The molecule has 0 N–H and O–H groups in total. The average Bonchev–Trinajstić information content (AvgIpc) is 2.30. The smallest absolute Gasteiger partial charge is 0.0468 e. The minimum Gasteiger partial charge on any atom is -0.381 e. The van der Waals surface area contributed by atoms with E-state index in [9.17, 15) is 0 Å². The highest BCUT2D eigenvalue weighted by Gasteiger charge is 2.25. The minimum atomic E-state index is 0.903. The van der Waals surface area contributed by atoms with E-state index in [4.69, 9.17) is 4.74 Å². The predicted octanol–water partition coefficient (Wildman–Crippen LogP) is 2.78. The molecule has 2 fully saturated rings. The first kappa shape index (κ1) is 12.4. The third-order valence-corrected chi connectivity index (χ3v) is 4.50. The van der Waals surface area contributed by atoms with Gasteiger partial charge in [0.25, 0.3) is 0 Å². The van der Waals surface area contributed by atoms with E-state index in [1.165, 1.54) is 45.2 Å². The molecular formula is C14H27NO. The van der Waals surface area contributed by atoms with E-state index in [1.54, 1.807) is 0 Å². The molecule has 2 heteroatoms. The Bertz CT molecular complexity index is 201. The Labute approximate surface area is 100 Å². The van der Waals surface area contributed by atoms with Gasteiger partial charge in [0.15, 0.2) is 0 Å². The molecule has 2 heterocycles. The van der Waals surface area contributed by atoms with Gasteiger partial charge in [-0.05, 0) is 63.5 Å². The summed E-state index contributed by atoms with van der Waals surface area (Å²) in [6.45, 7) is 7.10. The Morgan fingerprint density at radius 3 is 2.69 bits per heavy atom. The number of nitrogens with zero attached hydrogens (tertiary/aromatic N) is 1. The van der Waals surface area contributed by atoms with Crippen molar-refractivity contribution in [2.75, 3.05) is 33.4 Å². The maximum absolute atomic E-state index is 5.45. The Kier molecular flexibility index (Phi) is 4.66. The van der Waals surface area contributed by atoms with E-state index < -0.39 is 0 Å². The van der Waals surface area contributed by atoms with Crippen LogP contribution in [0.15, 0.2) is 0 Å². The molecule has 2 unspecified atom stereocenters. The topological polar surface area (TPSA) is 12.5 Å². The van der Waals surface area contributed by atoms with Crippen molar-refractivity contribution in [3.8, 4) is 0 Å². The van der Waals surface area contributed by atoms with Crippen LogP contribution in [0.3, 0.4) is 0 Å². The van der Waals surface area contributed by atoms with Gasteiger partial charge in [0.2, 0.25) is 0 Å². The minimum absolute atomic E-state index is 0.903. The average molecular weight is 225 g/mol. The highest BCUT2D eigenvalue weighted by atomic mass is 16.5. The molecule has 0 radical (unpaired) electrons. The maximum atomic E-state index is 5.45. The van der Waals surface area contributed by atoms with Crippen LogP contribution in [-0.2, 0) is 4.74 Å². The summed E-state index contributed by atoms with van der Waals surface area (Å²) in [5, 5.41) is 0. The van der Waals surface area contributed by atoms with Gasteiger partial charge in [-0.15, -0.1) is 0 Å². The summed E-state index contributed by atoms with van der Waals surface area (Å²) in [6.07, 6.45) is 6.89. The second-order valence-electron chi connectivity index (χ2n) is 5.93. The van der Waals surface area contributed by atoms with Crippen LogP contribution < -0.4 is 0 Å². The molecular weight excluding hydrogens is 198 g/mol. The van der Waals surface area contributed by atoms with Crippen molar-refractivity contribution in [1.82, 2.24) is 4.90 Å². The van der Waals surface area contributed by atoms with Crippen LogP contribution in [0.4, 0.5) is 0 Å². The number of likely N-dealkylation sites (tertiary alicyclic amines) is 1. The Hall–Kier alpha value is -0.0800. The molecule has 0 spiro atoms. The molecule has 2 aliphatic heterocycles. The van der Waals surface area contributed by atoms with Gasteiger partial charge >= 0.3 is 0 Å². The second kappa shape index (κ2) is 6.02. The van der Waals surface area contributed by atoms with Gasteiger partial charge in [-0.3, -0.25) is 0 Å². The first-order chi connectivity index (χ1) is 7.75. The number of hydrogen-bond acceptors (Lipinski definition) is 2. The summed E-state index contributed by atoms with van der Waals surface area (Å²) in [5.74, 6) is 2.79. The predicted molar refractivity (Wildman–Crippen MR) is 67.5 cm³/mol. The highest BCUT2D eigenvalue weighted by molar-refractivity contribution is 4.76. The molecule has 0 saturated carbocycles. The lowest BCUT2D eigenvalue weighted by Gasteiger charge is -2.34. The lowest BCUT2D eigenvalue weighted by atomic mass is 9.79. The van der Waals surface area contributed by atoms with Crippen molar-refractivity contribution >= 4 is 0 Å². The van der Waals surface area contributed by atoms with E-state index in [2.05, 4.69) is 18.9 Å². The summed E-state index contributed by atoms with van der Waals surface area (Å²) in [6, 6.07) is 0. The zero-order valence-corrected chi connectivity index (χ0v) is 11.0.